The number of aromatic nitrogens is 2. The first-order valence-corrected chi connectivity index (χ1v) is 9.25. The molecular weight excluding hydrogens is 387 g/mol. The number of benzene rings is 2. The van der Waals surface area contributed by atoms with Gasteiger partial charge in [-0.2, -0.15) is 0 Å². The van der Waals surface area contributed by atoms with E-state index in [9.17, 15) is 0 Å². The summed E-state index contributed by atoms with van der Waals surface area (Å²) in [6, 6.07) is 11.1. The van der Waals surface area contributed by atoms with E-state index in [2.05, 4.69) is 4.98 Å². The van der Waals surface area contributed by atoms with Crippen LogP contribution in [0.5, 0.6) is 11.5 Å². The van der Waals surface area contributed by atoms with Gasteiger partial charge in [-0.25, -0.2) is 4.98 Å². The van der Waals surface area contributed by atoms with E-state index in [4.69, 9.17) is 37.4 Å². The number of fused-ring (bicyclic) bond motifs is 1. The summed E-state index contributed by atoms with van der Waals surface area (Å²) in [4.78, 5) is 4.15. The van der Waals surface area contributed by atoms with E-state index in [0.29, 0.717) is 16.7 Å². The molecule has 0 radical (unpaired) electrons. The monoisotopic (exact) mass is 404 g/mol. The highest BCUT2D eigenvalue weighted by Crippen LogP contribution is 2.43. The molecule has 0 amide bonds. The lowest BCUT2D eigenvalue weighted by Crippen LogP contribution is -2.30. The lowest BCUT2D eigenvalue weighted by molar-refractivity contribution is -0.0238. The summed E-state index contributed by atoms with van der Waals surface area (Å²) in [5.74, 6) is 1.52. The van der Waals surface area contributed by atoms with Gasteiger partial charge in [0.15, 0.2) is 0 Å². The fourth-order valence-electron chi connectivity index (χ4n) is 3.23. The molecule has 3 aromatic rings. The Bertz CT molecular complexity index is 911. The number of hydrogen-bond donors (Lipinski definition) is 0. The Labute approximate surface area is 167 Å². The van der Waals surface area contributed by atoms with Crippen molar-refractivity contribution in [2.75, 3.05) is 13.7 Å². The summed E-state index contributed by atoms with van der Waals surface area (Å²) in [7, 11) is 1.64. The van der Waals surface area contributed by atoms with Gasteiger partial charge in [-0.3, -0.25) is 0 Å². The summed E-state index contributed by atoms with van der Waals surface area (Å²) in [5.41, 5.74) is 1.68. The summed E-state index contributed by atoms with van der Waals surface area (Å²) >= 11 is 12.6. The molecule has 27 heavy (non-hydrogen) atoms. The molecule has 0 spiro atoms. The van der Waals surface area contributed by atoms with Crippen LogP contribution in [0.25, 0.3) is 0 Å². The van der Waals surface area contributed by atoms with Crippen LogP contribution in [0.2, 0.25) is 10.0 Å². The first kappa shape index (κ1) is 18.2. The molecule has 2 heterocycles. The van der Waals surface area contributed by atoms with Gasteiger partial charge in [-0.05, 0) is 30.3 Å². The maximum atomic E-state index is 6.34. The number of ether oxygens (including phenoxy) is 3. The van der Waals surface area contributed by atoms with E-state index in [1.807, 2.05) is 35.0 Å². The minimum Gasteiger partial charge on any atom is -0.497 e. The van der Waals surface area contributed by atoms with Crippen molar-refractivity contribution in [2.24, 2.45) is 0 Å². The molecule has 140 valence electrons. The normalized spacial score (nSPS) is 18.6. The smallest absolute Gasteiger partial charge is 0.125 e. The van der Waals surface area contributed by atoms with Crippen molar-refractivity contribution in [1.82, 2.24) is 9.55 Å². The van der Waals surface area contributed by atoms with E-state index >= 15 is 0 Å². The lowest BCUT2D eigenvalue weighted by atomic mass is 9.98. The number of rotatable bonds is 5. The van der Waals surface area contributed by atoms with Gasteiger partial charge in [-0.15, -0.1) is 0 Å². The number of hydrogen-bond acceptors (Lipinski definition) is 4. The lowest BCUT2D eigenvalue weighted by Gasteiger charge is -2.34. The van der Waals surface area contributed by atoms with Gasteiger partial charge in [0.1, 0.15) is 24.2 Å². The SMILES string of the molecule is COc1ccc2c(c1)C(OCc1c(Cl)cccc1Cl)C(n1ccnc1)CO2. The summed E-state index contributed by atoms with van der Waals surface area (Å²) in [5, 5.41) is 1.17. The third-order valence-electron chi connectivity index (χ3n) is 4.66. The van der Waals surface area contributed by atoms with Gasteiger partial charge in [0.25, 0.3) is 0 Å². The van der Waals surface area contributed by atoms with Crippen LogP contribution in [0.1, 0.15) is 23.3 Å². The zero-order chi connectivity index (χ0) is 18.8. The molecule has 0 aliphatic carbocycles. The van der Waals surface area contributed by atoms with Crippen LogP contribution in [-0.4, -0.2) is 23.3 Å². The molecule has 1 aliphatic rings. The zero-order valence-corrected chi connectivity index (χ0v) is 16.2. The van der Waals surface area contributed by atoms with E-state index in [1.54, 1.807) is 31.8 Å². The minimum atomic E-state index is -0.273. The number of imidazole rings is 1. The van der Waals surface area contributed by atoms with Crippen LogP contribution in [0.3, 0.4) is 0 Å². The maximum Gasteiger partial charge on any atom is 0.125 e. The predicted molar refractivity (Wildman–Crippen MR) is 104 cm³/mol. The molecule has 0 fully saturated rings. The van der Waals surface area contributed by atoms with Crippen LogP contribution in [0, 0.1) is 0 Å². The van der Waals surface area contributed by atoms with E-state index in [0.717, 1.165) is 22.6 Å². The Balaban J connectivity index is 1.69. The Kier molecular flexibility index (Phi) is 5.25. The molecule has 5 nitrogen and oxygen atoms in total. The van der Waals surface area contributed by atoms with Crippen molar-refractivity contribution in [3.8, 4) is 11.5 Å². The van der Waals surface area contributed by atoms with Crippen LogP contribution in [0.15, 0.2) is 55.1 Å². The molecule has 2 aromatic carbocycles. The third-order valence-corrected chi connectivity index (χ3v) is 5.37. The standard InChI is InChI=1S/C20H18Cl2N2O3/c1-25-13-5-6-19-14(9-13)20(18(11-26-19)24-8-7-23-12-24)27-10-15-16(21)3-2-4-17(15)22/h2-9,12,18,20H,10-11H2,1H3. The first-order valence-electron chi connectivity index (χ1n) is 8.50. The highest BCUT2D eigenvalue weighted by molar-refractivity contribution is 6.35. The van der Waals surface area contributed by atoms with Crippen molar-refractivity contribution >= 4 is 23.2 Å². The van der Waals surface area contributed by atoms with Crippen LogP contribution in [-0.2, 0) is 11.3 Å². The Hall–Kier alpha value is -2.21. The van der Waals surface area contributed by atoms with Crippen LogP contribution < -0.4 is 9.47 Å². The fourth-order valence-corrected chi connectivity index (χ4v) is 3.74. The minimum absolute atomic E-state index is 0.0756. The average molecular weight is 405 g/mol. The zero-order valence-electron chi connectivity index (χ0n) is 14.6. The molecule has 7 heteroatoms. The van der Waals surface area contributed by atoms with Crippen LogP contribution >= 0.6 is 23.2 Å². The highest BCUT2D eigenvalue weighted by atomic mass is 35.5. The predicted octanol–water partition coefficient (Wildman–Crippen LogP) is 5.09. The number of nitrogens with zero attached hydrogens (tertiary/aromatic N) is 2. The second-order valence-electron chi connectivity index (χ2n) is 6.22. The molecule has 2 atom stereocenters. The topological polar surface area (TPSA) is 45.5 Å². The summed E-state index contributed by atoms with van der Waals surface area (Å²) in [6.45, 7) is 0.752. The molecule has 0 bridgehead atoms. The van der Waals surface area contributed by atoms with Crippen molar-refractivity contribution in [3.63, 3.8) is 0 Å². The molecule has 0 saturated carbocycles. The molecule has 1 aromatic heterocycles. The number of halogens is 2. The van der Waals surface area contributed by atoms with Gasteiger partial charge in [0.05, 0.1) is 26.1 Å². The van der Waals surface area contributed by atoms with Gasteiger partial charge < -0.3 is 18.8 Å². The average Bonchev–Trinajstić information content (AvgIpc) is 3.21. The van der Waals surface area contributed by atoms with Gasteiger partial charge in [0, 0.05) is 33.6 Å². The Morgan fingerprint density at radius 3 is 2.74 bits per heavy atom. The molecule has 0 saturated heterocycles. The fraction of sp³-hybridized carbons (Fsp3) is 0.250. The summed E-state index contributed by atoms with van der Waals surface area (Å²) < 4.78 is 19.7. The number of methoxy groups -OCH3 is 1. The van der Waals surface area contributed by atoms with Gasteiger partial charge in [-0.1, -0.05) is 29.3 Å². The van der Waals surface area contributed by atoms with Gasteiger partial charge >= 0.3 is 0 Å². The maximum absolute atomic E-state index is 6.34. The van der Waals surface area contributed by atoms with Gasteiger partial charge in [0.2, 0.25) is 0 Å². The second kappa shape index (κ2) is 7.80. The second-order valence-corrected chi connectivity index (χ2v) is 7.04. The molecule has 1 aliphatic heterocycles. The molecule has 4 rings (SSSR count). The first-order chi connectivity index (χ1) is 13.2. The molecule has 0 N–H and O–H groups in total. The largest absolute Gasteiger partial charge is 0.497 e. The Morgan fingerprint density at radius 2 is 2.04 bits per heavy atom. The van der Waals surface area contributed by atoms with Crippen molar-refractivity contribution in [2.45, 2.75) is 18.8 Å². The molecule has 2 unspecified atom stereocenters. The van der Waals surface area contributed by atoms with E-state index in [-0.39, 0.29) is 18.8 Å². The highest BCUT2D eigenvalue weighted by Gasteiger charge is 2.33. The van der Waals surface area contributed by atoms with Crippen molar-refractivity contribution < 1.29 is 14.2 Å². The molecular formula is C20H18Cl2N2O3. The van der Waals surface area contributed by atoms with Crippen molar-refractivity contribution in [3.05, 3.63) is 76.3 Å². The third kappa shape index (κ3) is 3.63. The summed E-state index contributed by atoms with van der Waals surface area (Å²) in [6.07, 6.45) is 5.13. The van der Waals surface area contributed by atoms with E-state index < -0.39 is 0 Å². The van der Waals surface area contributed by atoms with Crippen LogP contribution in [0.4, 0.5) is 0 Å². The van der Waals surface area contributed by atoms with Crippen molar-refractivity contribution in [1.29, 1.82) is 0 Å². The van der Waals surface area contributed by atoms with E-state index in [1.165, 1.54) is 0 Å². The Morgan fingerprint density at radius 1 is 1.22 bits per heavy atom. The quantitative estimate of drug-likeness (QED) is 0.593.